The van der Waals surface area contributed by atoms with Crippen LogP contribution >= 0.6 is 11.6 Å². The average molecular weight is 261 g/mol. The van der Waals surface area contributed by atoms with Crippen molar-refractivity contribution >= 4 is 17.9 Å². The molecule has 0 aliphatic heterocycles. The van der Waals surface area contributed by atoms with Gasteiger partial charge in [-0.25, -0.2) is 0 Å². The summed E-state index contributed by atoms with van der Waals surface area (Å²) in [6.45, 7) is 1.97. The van der Waals surface area contributed by atoms with Crippen molar-refractivity contribution in [3.63, 3.8) is 0 Å². The lowest BCUT2D eigenvalue weighted by atomic mass is 10.1. The van der Waals surface area contributed by atoms with Gasteiger partial charge in [-0.1, -0.05) is 41.9 Å². The van der Waals surface area contributed by atoms with E-state index < -0.39 is 0 Å². The topological polar surface area (TPSA) is 26.3 Å². The molecule has 18 heavy (non-hydrogen) atoms. The number of halogens is 1. The zero-order valence-corrected chi connectivity index (χ0v) is 10.7. The highest BCUT2D eigenvalue weighted by Crippen LogP contribution is 2.25. The largest absolute Gasteiger partial charge is 0.486 e. The molecule has 0 saturated carbocycles. The van der Waals surface area contributed by atoms with Gasteiger partial charge in [0.2, 0.25) is 0 Å². The second-order valence-electron chi connectivity index (χ2n) is 3.97. The molecule has 0 aliphatic rings. The van der Waals surface area contributed by atoms with Crippen LogP contribution in [0.5, 0.6) is 5.75 Å². The molecule has 0 aliphatic carbocycles. The molecule has 1 unspecified atom stereocenters. The first kappa shape index (κ1) is 12.7. The monoisotopic (exact) mass is 260 g/mol. The van der Waals surface area contributed by atoms with Crippen LogP contribution in [0.2, 0.25) is 5.02 Å². The van der Waals surface area contributed by atoms with E-state index >= 15 is 0 Å². The molecule has 0 N–H and O–H groups in total. The Kier molecular flexibility index (Phi) is 4.00. The number of benzene rings is 2. The molecule has 1 atom stereocenters. The number of hydrogen-bond acceptors (Lipinski definition) is 2. The Morgan fingerprint density at radius 3 is 2.50 bits per heavy atom. The lowest BCUT2D eigenvalue weighted by Crippen LogP contribution is -2.02. The van der Waals surface area contributed by atoms with Crippen molar-refractivity contribution in [1.82, 2.24) is 0 Å². The van der Waals surface area contributed by atoms with Crippen LogP contribution in [-0.4, -0.2) is 6.29 Å². The predicted octanol–water partition coefficient (Wildman–Crippen LogP) is 4.29. The summed E-state index contributed by atoms with van der Waals surface area (Å²) in [6, 6.07) is 15.0. The van der Waals surface area contributed by atoms with Crippen molar-refractivity contribution in [3.8, 4) is 5.75 Å². The molecule has 2 rings (SSSR count). The highest BCUT2D eigenvalue weighted by Gasteiger charge is 2.08. The maximum Gasteiger partial charge on any atom is 0.151 e. The second-order valence-corrected chi connectivity index (χ2v) is 4.38. The van der Waals surface area contributed by atoms with E-state index in [9.17, 15) is 4.79 Å². The van der Waals surface area contributed by atoms with Gasteiger partial charge in [0.15, 0.2) is 6.29 Å². The van der Waals surface area contributed by atoms with Crippen molar-refractivity contribution in [2.75, 3.05) is 0 Å². The quantitative estimate of drug-likeness (QED) is 0.767. The van der Waals surface area contributed by atoms with Gasteiger partial charge in [0.1, 0.15) is 11.9 Å². The van der Waals surface area contributed by atoms with Gasteiger partial charge in [0.05, 0.1) is 5.02 Å². The summed E-state index contributed by atoms with van der Waals surface area (Å²) in [7, 11) is 0. The first-order valence-corrected chi connectivity index (χ1v) is 6.05. The molecule has 0 spiro atoms. The van der Waals surface area contributed by atoms with Crippen molar-refractivity contribution in [2.45, 2.75) is 13.0 Å². The molecule has 0 radical (unpaired) electrons. The summed E-state index contributed by atoms with van der Waals surface area (Å²) in [5.74, 6) is 0.655. The number of rotatable bonds is 4. The van der Waals surface area contributed by atoms with E-state index in [2.05, 4.69) is 0 Å². The summed E-state index contributed by atoms with van der Waals surface area (Å²) < 4.78 is 5.78. The molecule has 92 valence electrons. The lowest BCUT2D eigenvalue weighted by Gasteiger charge is -2.15. The molecule has 0 saturated heterocycles. The van der Waals surface area contributed by atoms with E-state index in [4.69, 9.17) is 16.3 Å². The molecular formula is C15H13ClO2. The van der Waals surface area contributed by atoms with Crippen LogP contribution in [0.15, 0.2) is 48.5 Å². The standard InChI is InChI=1S/C15H13ClO2/c1-11(12-5-3-2-4-6-12)18-14-8-7-13(10-17)15(16)9-14/h2-11H,1H3. The van der Waals surface area contributed by atoms with Gasteiger partial charge in [-0.3, -0.25) is 4.79 Å². The van der Waals surface area contributed by atoms with E-state index in [1.165, 1.54) is 0 Å². The summed E-state index contributed by atoms with van der Waals surface area (Å²) in [5, 5.41) is 0.405. The lowest BCUT2D eigenvalue weighted by molar-refractivity contribution is 0.112. The fraction of sp³-hybridized carbons (Fsp3) is 0.133. The van der Waals surface area contributed by atoms with Crippen molar-refractivity contribution in [2.24, 2.45) is 0 Å². The highest BCUT2D eigenvalue weighted by atomic mass is 35.5. The van der Waals surface area contributed by atoms with Gasteiger partial charge in [-0.2, -0.15) is 0 Å². The third-order valence-corrected chi connectivity index (χ3v) is 3.01. The first-order chi connectivity index (χ1) is 8.70. The minimum absolute atomic E-state index is 0.0654. The summed E-state index contributed by atoms with van der Waals surface area (Å²) in [4.78, 5) is 10.7. The molecule has 0 amide bonds. The smallest absolute Gasteiger partial charge is 0.151 e. The molecule has 0 fully saturated rings. The third-order valence-electron chi connectivity index (χ3n) is 2.68. The maximum atomic E-state index is 10.7. The molecular weight excluding hydrogens is 248 g/mol. The van der Waals surface area contributed by atoms with Crippen molar-refractivity contribution in [1.29, 1.82) is 0 Å². The van der Waals surface area contributed by atoms with Gasteiger partial charge >= 0.3 is 0 Å². The Morgan fingerprint density at radius 1 is 1.17 bits per heavy atom. The first-order valence-electron chi connectivity index (χ1n) is 5.67. The summed E-state index contributed by atoms with van der Waals surface area (Å²) >= 11 is 5.95. The Bertz CT molecular complexity index is 537. The summed E-state index contributed by atoms with van der Waals surface area (Å²) in [5.41, 5.74) is 1.56. The fourth-order valence-electron chi connectivity index (χ4n) is 1.67. The fourth-order valence-corrected chi connectivity index (χ4v) is 1.89. The molecule has 2 aromatic rings. The molecule has 3 heteroatoms. The molecule has 0 heterocycles. The minimum Gasteiger partial charge on any atom is -0.486 e. The third kappa shape index (κ3) is 2.90. The van der Waals surface area contributed by atoms with Crippen LogP contribution in [0.25, 0.3) is 0 Å². The molecule has 2 nitrogen and oxygen atoms in total. The van der Waals surface area contributed by atoms with Crippen molar-refractivity contribution in [3.05, 3.63) is 64.7 Å². The Balaban J connectivity index is 2.15. The predicted molar refractivity (Wildman–Crippen MR) is 72.3 cm³/mol. The van der Waals surface area contributed by atoms with Crippen LogP contribution < -0.4 is 4.74 Å². The van der Waals surface area contributed by atoms with Crippen LogP contribution in [-0.2, 0) is 0 Å². The normalized spacial score (nSPS) is 11.9. The van der Waals surface area contributed by atoms with E-state index in [1.807, 2.05) is 37.3 Å². The highest BCUT2D eigenvalue weighted by molar-refractivity contribution is 6.33. The Hall–Kier alpha value is -1.80. The van der Waals surface area contributed by atoms with E-state index in [1.54, 1.807) is 18.2 Å². The number of ether oxygens (including phenoxy) is 1. The van der Waals surface area contributed by atoms with Gasteiger partial charge in [-0.05, 0) is 30.7 Å². The van der Waals surface area contributed by atoms with Gasteiger partial charge < -0.3 is 4.74 Å². The Morgan fingerprint density at radius 2 is 1.89 bits per heavy atom. The molecule has 0 aromatic heterocycles. The van der Waals surface area contributed by atoms with E-state index in [0.29, 0.717) is 16.3 Å². The van der Waals surface area contributed by atoms with Gasteiger partial charge in [0.25, 0.3) is 0 Å². The van der Waals surface area contributed by atoms with Crippen LogP contribution in [0, 0.1) is 0 Å². The number of aldehydes is 1. The number of carbonyl (C=O) groups excluding carboxylic acids is 1. The second kappa shape index (κ2) is 5.69. The van der Waals surface area contributed by atoms with Crippen molar-refractivity contribution < 1.29 is 9.53 Å². The zero-order valence-electron chi connectivity index (χ0n) is 9.97. The maximum absolute atomic E-state index is 10.7. The van der Waals surface area contributed by atoms with Crippen LogP contribution in [0.4, 0.5) is 0 Å². The van der Waals surface area contributed by atoms with E-state index in [0.717, 1.165) is 11.8 Å². The minimum atomic E-state index is -0.0654. The SMILES string of the molecule is CC(Oc1ccc(C=O)c(Cl)c1)c1ccccc1. The van der Waals surface area contributed by atoms with E-state index in [-0.39, 0.29) is 6.10 Å². The van der Waals surface area contributed by atoms with Crippen LogP contribution in [0.1, 0.15) is 28.9 Å². The zero-order chi connectivity index (χ0) is 13.0. The number of hydrogen-bond donors (Lipinski definition) is 0. The molecule has 0 bridgehead atoms. The summed E-state index contributed by atoms with van der Waals surface area (Å²) in [6.07, 6.45) is 0.663. The van der Waals surface area contributed by atoms with Gasteiger partial charge in [0, 0.05) is 5.56 Å². The Labute approximate surface area is 111 Å². The molecule has 2 aromatic carbocycles. The number of carbonyl (C=O) groups is 1. The van der Waals surface area contributed by atoms with Crippen LogP contribution in [0.3, 0.4) is 0 Å². The average Bonchev–Trinajstić information content (AvgIpc) is 2.40. The van der Waals surface area contributed by atoms with Gasteiger partial charge in [-0.15, -0.1) is 0 Å².